The maximum atomic E-state index is 12.8. The first-order valence-corrected chi connectivity index (χ1v) is 13.0. The topological polar surface area (TPSA) is 78.5 Å². The van der Waals surface area contributed by atoms with E-state index in [0.717, 1.165) is 54.1 Å². The van der Waals surface area contributed by atoms with Gasteiger partial charge in [-0.3, -0.25) is 14.5 Å². The molecule has 8 heteroatoms. The molecule has 3 heterocycles. The first kappa shape index (κ1) is 23.1. The molecular formula is C26H32N4O3S. The predicted octanol–water partition coefficient (Wildman–Crippen LogP) is 3.59. The van der Waals surface area contributed by atoms with Crippen molar-refractivity contribution in [2.75, 3.05) is 32.8 Å². The Morgan fingerprint density at radius 1 is 1.12 bits per heavy atom. The lowest BCUT2D eigenvalue weighted by Gasteiger charge is -2.34. The van der Waals surface area contributed by atoms with Gasteiger partial charge in [0, 0.05) is 31.1 Å². The monoisotopic (exact) mass is 480 g/mol. The molecule has 1 aliphatic carbocycles. The number of nitrogens with zero attached hydrogens (tertiary/aromatic N) is 3. The van der Waals surface area contributed by atoms with Crippen LogP contribution in [0, 0.1) is 13.8 Å². The Labute approximate surface area is 203 Å². The first-order chi connectivity index (χ1) is 16.5. The average Bonchev–Trinajstić information content (AvgIpc) is 3.20. The van der Waals surface area contributed by atoms with Crippen LogP contribution in [0.2, 0.25) is 0 Å². The number of fused-ring (bicyclic) bond motifs is 3. The van der Waals surface area contributed by atoms with Crippen LogP contribution in [0.1, 0.15) is 46.7 Å². The summed E-state index contributed by atoms with van der Waals surface area (Å²) in [5.74, 6) is 1.66. The number of thiophene rings is 1. The summed E-state index contributed by atoms with van der Waals surface area (Å²) in [6, 6.07) is 6.00. The zero-order chi connectivity index (χ0) is 23.7. The molecule has 1 fully saturated rings. The molecule has 0 saturated carbocycles. The minimum atomic E-state index is -0.00279. The van der Waals surface area contributed by atoms with E-state index in [2.05, 4.69) is 23.7 Å². The lowest BCUT2D eigenvalue weighted by atomic mass is 9.97. The maximum absolute atomic E-state index is 12.8. The number of piperazine rings is 1. The highest BCUT2D eigenvalue weighted by Crippen LogP contribution is 2.33. The fourth-order valence-corrected chi connectivity index (χ4v) is 6.15. The third-order valence-electron chi connectivity index (χ3n) is 7.04. The van der Waals surface area contributed by atoms with Crippen molar-refractivity contribution in [1.82, 2.24) is 19.8 Å². The quantitative estimate of drug-likeness (QED) is 0.583. The highest BCUT2D eigenvalue weighted by molar-refractivity contribution is 7.18. The van der Waals surface area contributed by atoms with Crippen molar-refractivity contribution in [2.24, 2.45) is 0 Å². The van der Waals surface area contributed by atoms with Gasteiger partial charge >= 0.3 is 0 Å². The van der Waals surface area contributed by atoms with Gasteiger partial charge in [0.15, 0.2) is 0 Å². The summed E-state index contributed by atoms with van der Waals surface area (Å²) < 4.78 is 5.78. The van der Waals surface area contributed by atoms with Crippen molar-refractivity contribution in [1.29, 1.82) is 0 Å². The fraction of sp³-hybridized carbons (Fsp3) is 0.500. The van der Waals surface area contributed by atoms with Crippen molar-refractivity contribution in [2.45, 2.75) is 52.5 Å². The number of ether oxygens (including phenoxy) is 1. The van der Waals surface area contributed by atoms with Gasteiger partial charge in [-0.15, -0.1) is 11.3 Å². The van der Waals surface area contributed by atoms with Gasteiger partial charge in [0.2, 0.25) is 5.91 Å². The molecule has 1 aliphatic heterocycles. The van der Waals surface area contributed by atoms with Crippen LogP contribution in [-0.4, -0.2) is 58.5 Å². The number of aromatic amines is 1. The molecule has 0 radical (unpaired) electrons. The normalized spacial score (nSPS) is 16.6. The summed E-state index contributed by atoms with van der Waals surface area (Å²) in [7, 11) is 0. The number of nitrogens with one attached hydrogen (secondary N) is 1. The predicted molar refractivity (Wildman–Crippen MR) is 135 cm³/mol. The van der Waals surface area contributed by atoms with Gasteiger partial charge in [-0.2, -0.15) is 0 Å². The summed E-state index contributed by atoms with van der Waals surface area (Å²) in [5, 5.41) is 0.807. The number of amides is 1. The molecule has 0 spiro atoms. The highest BCUT2D eigenvalue weighted by Gasteiger charge is 2.23. The zero-order valence-electron chi connectivity index (χ0n) is 20.0. The summed E-state index contributed by atoms with van der Waals surface area (Å²) in [6.07, 6.45) is 4.79. The maximum Gasteiger partial charge on any atom is 0.259 e. The zero-order valence-corrected chi connectivity index (χ0v) is 20.8. The number of aromatic nitrogens is 2. The number of hydrogen-bond acceptors (Lipinski definition) is 6. The Bertz CT molecular complexity index is 1260. The Balaban J connectivity index is 1.12. The molecule has 0 bridgehead atoms. The standard InChI is InChI=1S/C26H32N4O3S/c1-17-7-8-19(15-18(17)2)33-14-9-23(31)30-12-10-29(11-13-30)16-22-27-25(32)24-20-5-3-4-6-21(20)34-26(24)28-22/h7-8,15H,3-6,9-14,16H2,1-2H3,(H,27,28,32). The Hall–Kier alpha value is -2.71. The van der Waals surface area contributed by atoms with E-state index in [-0.39, 0.29) is 11.5 Å². The van der Waals surface area contributed by atoms with Gasteiger partial charge in [-0.25, -0.2) is 4.98 Å². The molecule has 0 unspecified atom stereocenters. The second-order valence-electron chi connectivity index (χ2n) is 9.41. The molecule has 2 aliphatic rings. The Morgan fingerprint density at radius 2 is 1.91 bits per heavy atom. The van der Waals surface area contributed by atoms with Crippen LogP contribution < -0.4 is 10.3 Å². The van der Waals surface area contributed by atoms with Gasteiger partial charge in [-0.05, 0) is 68.4 Å². The summed E-state index contributed by atoms with van der Waals surface area (Å²) >= 11 is 1.69. The molecule has 5 rings (SSSR count). The number of hydrogen-bond donors (Lipinski definition) is 1. The largest absolute Gasteiger partial charge is 0.493 e. The lowest BCUT2D eigenvalue weighted by molar-refractivity contribution is -0.133. The molecule has 1 N–H and O–H groups in total. The van der Waals surface area contributed by atoms with E-state index in [9.17, 15) is 9.59 Å². The van der Waals surface area contributed by atoms with Crippen molar-refractivity contribution in [3.05, 3.63) is 55.9 Å². The number of benzene rings is 1. The van der Waals surface area contributed by atoms with Crippen molar-refractivity contribution in [3.63, 3.8) is 0 Å². The fourth-order valence-electron chi connectivity index (χ4n) is 4.87. The number of rotatable bonds is 6. The minimum Gasteiger partial charge on any atom is -0.493 e. The molecule has 34 heavy (non-hydrogen) atoms. The van der Waals surface area contributed by atoms with Gasteiger partial charge < -0.3 is 14.6 Å². The van der Waals surface area contributed by atoms with Gasteiger partial charge in [0.1, 0.15) is 16.4 Å². The molecule has 1 saturated heterocycles. The number of carbonyl (C=O) groups excluding carboxylic acids is 1. The molecule has 1 aromatic carbocycles. The molecule has 0 atom stereocenters. The lowest BCUT2D eigenvalue weighted by Crippen LogP contribution is -2.48. The third-order valence-corrected chi connectivity index (χ3v) is 8.22. The van der Waals surface area contributed by atoms with E-state index in [0.29, 0.717) is 32.7 Å². The SMILES string of the molecule is Cc1ccc(OCCC(=O)N2CCN(Cc3nc4sc5c(c4c(=O)[nH]3)CCCC5)CC2)cc1C. The average molecular weight is 481 g/mol. The van der Waals surface area contributed by atoms with Crippen molar-refractivity contribution in [3.8, 4) is 5.75 Å². The summed E-state index contributed by atoms with van der Waals surface area (Å²) in [5.41, 5.74) is 3.64. The van der Waals surface area contributed by atoms with E-state index >= 15 is 0 Å². The molecular weight excluding hydrogens is 448 g/mol. The van der Waals surface area contributed by atoms with E-state index in [1.165, 1.54) is 28.0 Å². The van der Waals surface area contributed by atoms with Crippen LogP contribution in [0.5, 0.6) is 5.75 Å². The number of aryl methyl sites for hydroxylation is 4. The molecule has 2 aromatic heterocycles. The smallest absolute Gasteiger partial charge is 0.259 e. The van der Waals surface area contributed by atoms with Crippen LogP contribution in [-0.2, 0) is 24.2 Å². The number of carbonyl (C=O) groups is 1. The van der Waals surface area contributed by atoms with Crippen LogP contribution in [0.3, 0.4) is 0 Å². The van der Waals surface area contributed by atoms with E-state index in [1.807, 2.05) is 23.1 Å². The van der Waals surface area contributed by atoms with Gasteiger partial charge in [0.05, 0.1) is 25.0 Å². The third kappa shape index (κ3) is 4.88. The molecule has 1 amide bonds. The number of H-pyrrole nitrogens is 1. The van der Waals surface area contributed by atoms with Crippen LogP contribution >= 0.6 is 11.3 Å². The summed E-state index contributed by atoms with van der Waals surface area (Å²) in [4.78, 5) is 39.6. The van der Waals surface area contributed by atoms with Crippen molar-refractivity contribution < 1.29 is 9.53 Å². The highest BCUT2D eigenvalue weighted by atomic mass is 32.1. The summed E-state index contributed by atoms with van der Waals surface area (Å²) in [6.45, 7) is 8.03. The first-order valence-electron chi connectivity index (χ1n) is 12.2. The van der Waals surface area contributed by atoms with Crippen molar-refractivity contribution >= 4 is 27.5 Å². The Kier molecular flexibility index (Phi) is 6.70. The van der Waals surface area contributed by atoms with Gasteiger partial charge in [0.25, 0.3) is 5.56 Å². The molecule has 3 aromatic rings. The van der Waals surface area contributed by atoms with E-state index in [4.69, 9.17) is 9.72 Å². The second-order valence-corrected chi connectivity index (χ2v) is 10.5. The van der Waals surface area contributed by atoms with Crippen LogP contribution in [0.25, 0.3) is 10.2 Å². The van der Waals surface area contributed by atoms with E-state index in [1.54, 1.807) is 11.3 Å². The molecule has 180 valence electrons. The minimum absolute atomic E-state index is 0.00279. The van der Waals surface area contributed by atoms with Crippen LogP contribution in [0.4, 0.5) is 0 Å². The van der Waals surface area contributed by atoms with Gasteiger partial charge in [-0.1, -0.05) is 6.07 Å². The van der Waals surface area contributed by atoms with Crippen LogP contribution in [0.15, 0.2) is 23.0 Å². The second kappa shape index (κ2) is 9.88. The Morgan fingerprint density at radius 3 is 2.71 bits per heavy atom. The molecule has 7 nitrogen and oxygen atoms in total. The van der Waals surface area contributed by atoms with E-state index < -0.39 is 0 Å².